The highest BCUT2D eigenvalue weighted by molar-refractivity contribution is 5.93. The van der Waals surface area contributed by atoms with Gasteiger partial charge in [0.25, 0.3) is 5.91 Å². The average Bonchev–Trinajstić information content (AvgIpc) is 2.62. The van der Waals surface area contributed by atoms with Gasteiger partial charge in [-0.25, -0.2) is 9.86 Å². The van der Waals surface area contributed by atoms with Gasteiger partial charge >= 0.3 is 5.97 Å². The maximum atomic E-state index is 12.1. The molecule has 0 spiro atoms. The number of hydroxylamine groups is 2. The minimum atomic E-state index is -0.559. The molecule has 7 nitrogen and oxygen atoms in total. The van der Waals surface area contributed by atoms with Gasteiger partial charge in [0.1, 0.15) is 12.3 Å². The molecule has 0 aliphatic heterocycles. The Morgan fingerprint density at radius 3 is 2.24 bits per heavy atom. The number of aliphatic hydroxyl groups excluding tert-OH is 1. The van der Waals surface area contributed by atoms with E-state index < -0.39 is 11.9 Å². The quantitative estimate of drug-likeness (QED) is 0.343. The second-order valence-electron chi connectivity index (χ2n) is 5.31. The molecule has 2 rings (SSSR count). The van der Waals surface area contributed by atoms with E-state index in [2.05, 4.69) is 0 Å². The predicted molar refractivity (Wildman–Crippen MR) is 91.7 cm³/mol. The van der Waals surface area contributed by atoms with Gasteiger partial charge in [0.05, 0.1) is 6.61 Å². The van der Waals surface area contributed by atoms with E-state index >= 15 is 0 Å². The van der Waals surface area contributed by atoms with Crippen molar-refractivity contribution in [3.8, 4) is 5.75 Å². The summed E-state index contributed by atoms with van der Waals surface area (Å²) < 4.78 is 5.26. The Kier molecular flexibility index (Phi) is 6.50. The molecule has 2 aromatic carbocycles. The van der Waals surface area contributed by atoms with Gasteiger partial charge in [0.2, 0.25) is 0 Å². The van der Waals surface area contributed by atoms with E-state index in [1.165, 1.54) is 31.3 Å². The van der Waals surface area contributed by atoms with Crippen LogP contribution in [0.2, 0.25) is 0 Å². The van der Waals surface area contributed by atoms with E-state index in [1.807, 2.05) is 30.3 Å². The molecule has 0 saturated heterocycles. The number of benzene rings is 2. The Labute approximate surface area is 145 Å². The van der Waals surface area contributed by atoms with Crippen LogP contribution in [0.4, 0.5) is 5.69 Å². The van der Waals surface area contributed by atoms with Crippen LogP contribution in [0.5, 0.6) is 5.75 Å². The molecule has 0 bridgehead atoms. The fraction of sp³-hybridized carbons (Fsp3) is 0.222. The summed E-state index contributed by atoms with van der Waals surface area (Å²) in [5.41, 5.74) is 1.08. The largest absolute Gasteiger partial charge is 0.425 e. The van der Waals surface area contributed by atoms with Gasteiger partial charge in [0, 0.05) is 24.8 Å². The number of aliphatic hydroxyl groups is 1. The number of amides is 1. The van der Waals surface area contributed by atoms with E-state index in [0.29, 0.717) is 17.4 Å². The Morgan fingerprint density at radius 1 is 1.04 bits per heavy atom. The number of hydrogen-bond acceptors (Lipinski definition) is 6. The van der Waals surface area contributed by atoms with E-state index in [1.54, 1.807) is 4.90 Å². The van der Waals surface area contributed by atoms with E-state index in [9.17, 15) is 14.7 Å². The van der Waals surface area contributed by atoms with Crippen LogP contribution in [0.1, 0.15) is 10.4 Å². The van der Waals surface area contributed by atoms with E-state index in [4.69, 9.17) is 9.94 Å². The van der Waals surface area contributed by atoms with Gasteiger partial charge in [-0.1, -0.05) is 18.2 Å². The predicted octanol–water partition coefficient (Wildman–Crippen LogP) is 1.55. The van der Waals surface area contributed by atoms with Gasteiger partial charge < -0.3 is 14.7 Å². The zero-order valence-corrected chi connectivity index (χ0v) is 13.8. The third-order valence-electron chi connectivity index (χ3n) is 3.44. The lowest BCUT2D eigenvalue weighted by Gasteiger charge is -2.22. The smallest absolute Gasteiger partial charge is 0.330 e. The first kappa shape index (κ1) is 18.4. The Bertz CT molecular complexity index is 701. The molecule has 25 heavy (non-hydrogen) atoms. The van der Waals surface area contributed by atoms with Crippen molar-refractivity contribution in [1.29, 1.82) is 0 Å². The molecule has 2 aromatic rings. The SMILES string of the molecule is CN(O)C(=O)c1ccc(OC(=O)CN(CCO)c2ccccc2)cc1. The van der Waals surface area contributed by atoms with Gasteiger partial charge in [-0.05, 0) is 36.4 Å². The topological polar surface area (TPSA) is 90.3 Å². The first-order chi connectivity index (χ1) is 12.0. The number of rotatable bonds is 7. The first-order valence-electron chi connectivity index (χ1n) is 7.70. The highest BCUT2D eigenvalue weighted by Gasteiger charge is 2.14. The number of para-hydroxylation sites is 1. The van der Waals surface area contributed by atoms with Crippen LogP contribution in [0.15, 0.2) is 54.6 Å². The molecule has 7 heteroatoms. The summed E-state index contributed by atoms with van der Waals surface area (Å²) in [4.78, 5) is 25.4. The number of carbonyl (C=O) groups is 2. The monoisotopic (exact) mass is 344 g/mol. The van der Waals surface area contributed by atoms with Gasteiger partial charge in [-0.2, -0.15) is 0 Å². The lowest BCUT2D eigenvalue weighted by molar-refractivity contribution is -0.132. The fourth-order valence-electron chi connectivity index (χ4n) is 2.23. The molecule has 0 aromatic heterocycles. The molecule has 132 valence electrons. The van der Waals surface area contributed by atoms with E-state index in [0.717, 1.165) is 5.69 Å². The molecule has 1 amide bonds. The molecule has 0 aliphatic rings. The van der Waals surface area contributed by atoms with Crippen LogP contribution in [0.25, 0.3) is 0 Å². The number of ether oxygens (including phenoxy) is 1. The molecule has 0 fully saturated rings. The molecule has 0 heterocycles. The Morgan fingerprint density at radius 2 is 1.68 bits per heavy atom. The molecule has 0 saturated carbocycles. The molecule has 0 radical (unpaired) electrons. The Balaban J connectivity index is 2.00. The minimum absolute atomic E-state index is 0.0232. The van der Waals surface area contributed by atoms with Gasteiger partial charge in [0.15, 0.2) is 0 Å². The van der Waals surface area contributed by atoms with Crippen LogP contribution >= 0.6 is 0 Å². The first-order valence-corrected chi connectivity index (χ1v) is 7.70. The standard InChI is InChI=1S/C18H20N2O5/c1-19(24)18(23)14-7-9-16(10-8-14)25-17(22)13-20(11-12-21)15-5-3-2-4-6-15/h2-10,21,24H,11-13H2,1H3. The van der Waals surface area contributed by atoms with Crippen molar-refractivity contribution in [3.05, 3.63) is 60.2 Å². The van der Waals surface area contributed by atoms with Crippen molar-refractivity contribution in [2.75, 3.05) is 31.6 Å². The molecule has 0 aliphatic carbocycles. The molecule has 0 atom stereocenters. The second-order valence-corrected chi connectivity index (χ2v) is 5.31. The van der Waals surface area contributed by atoms with Crippen molar-refractivity contribution in [1.82, 2.24) is 5.06 Å². The highest BCUT2D eigenvalue weighted by Crippen LogP contribution is 2.16. The molecule has 2 N–H and O–H groups in total. The van der Waals surface area contributed by atoms with Crippen LogP contribution in [0, 0.1) is 0 Å². The maximum absolute atomic E-state index is 12.1. The minimum Gasteiger partial charge on any atom is -0.425 e. The van der Waals surface area contributed by atoms with Crippen molar-refractivity contribution in [2.24, 2.45) is 0 Å². The van der Waals surface area contributed by atoms with Crippen LogP contribution in [0.3, 0.4) is 0 Å². The third kappa shape index (κ3) is 5.30. The molecule has 0 unspecified atom stereocenters. The lowest BCUT2D eigenvalue weighted by Crippen LogP contribution is -2.34. The number of anilines is 1. The zero-order chi connectivity index (χ0) is 18.2. The van der Waals surface area contributed by atoms with Gasteiger partial charge in [-0.15, -0.1) is 0 Å². The van der Waals surface area contributed by atoms with Crippen molar-refractivity contribution < 1.29 is 24.6 Å². The highest BCUT2D eigenvalue weighted by atomic mass is 16.5. The van der Waals surface area contributed by atoms with E-state index in [-0.39, 0.29) is 18.7 Å². The maximum Gasteiger partial charge on any atom is 0.330 e. The van der Waals surface area contributed by atoms with Crippen molar-refractivity contribution >= 4 is 17.6 Å². The summed E-state index contributed by atoms with van der Waals surface area (Å²) >= 11 is 0. The third-order valence-corrected chi connectivity index (χ3v) is 3.44. The summed E-state index contributed by atoms with van der Waals surface area (Å²) in [5, 5.41) is 18.8. The average molecular weight is 344 g/mol. The lowest BCUT2D eigenvalue weighted by atomic mass is 10.2. The van der Waals surface area contributed by atoms with Gasteiger partial charge in [-0.3, -0.25) is 10.0 Å². The zero-order valence-electron chi connectivity index (χ0n) is 13.8. The number of esters is 1. The summed E-state index contributed by atoms with van der Waals surface area (Å²) in [6, 6.07) is 15.1. The van der Waals surface area contributed by atoms with Crippen LogP contribution in [-0.4, -0.2) is 54.0 Å². The number of nitrogens with zero attached hydrogens (tertiary/aromatic N) is 2. The fourth-order valence-corrected chi connectivity index (χ4v) is 2.23. The van der Waals surface area contributed by atoms with Crippen LogP contribution < -0.4 is 9.64 Å². The van der Waals surface area contributed by atoms with Crippen LogP contribution in [-0.2, 0) is 4.79 Å². The molecular formula is C18H20N2O5. The molecular weight excluding hydrogens is 324 g/mol. The van der Waals surface area contributed by atoms with Crippen molar-refractivity contribution in [3.63, 3.8) is 0 Å². The number of hydrogen-bond donors (Lipinski definition) is 2. The summed E-state index contributed by atoms with van der Waals surface area (Å²) in [6.07, 6.45) is 0. The van der Waals surface area contributed by atoms with Crippen molar-refractivity contribution in [2.45, 2.75) is 0 Å². The Hall–Kier alpha value is -2.90. The number of carbonyl (C=O) groups excluding carboxylic acids is 2. The summed E-state index contributed by atoms with van der Waals surface area (Å²) in [7, 11) is 1.23. The normalized spacial score (nSPS) is 10.2. The summed E-state index contributed by atoms with van der Waals surface area (Å²) in [5.74, 6) is -0.758. The summed E-state index contributed by atoms with van der Waals surface area (Å²) in [6.45, 7) is 0.188. The second kappa shape index (κ2) is 8.81.